The zero-order chi connectivity index (χ0) is 14.4. The maximum absolute atomic E-state index is 11.9. The van der Waals surface area contributed by atoms with Crippen LogP contribution >= 0.6 is 0 Å². The summed E-state index contributed by atoms with van der Waals surface area (Å²) in [6.07, 6.45) is 0. The molecule has 4 nitrogen and oxygen atoms in total. The molecule has 4 heteroatoms. The van der Waals surface area contributed by atoms with Crippen LogP contribution in [0.5, 0.6) is 5.75 Å². The Morgan fingerprint density at radius 2 is 2.00 bits per heavy atom. The Bertz CT molecular complexity index is 597. The number of nitrogens with two attached hydrogens (primary N) is 1. The van der Waals surface area contributed by atoms with Crippen LogP contribution in [0.3, 0.4) is 0 Å². The van der Waals surface area contributed by atoms with Gasteiger partial charge < -0.3 is 15.8 Å². The van der Waals surface area contributed by atoms with Crippen molar-refractivity contribution in [2.24, 2.45) is 0 Å². The van der Waals surface area contributed by atoms with Gasteiger partial charge in [-0.1, -0.05) is 24.3 Å². The number of para-hydroxylation sites is 1. The number of amides is 1. The van der Waals surface area contributed by atoms with Crippen LogP contribution in [0.1, 0.15) is 15.9 Å². The van der Waals surface area contributed by atoms with E-state index in [1.807, 2.05) is 31.2 Å². The van der Waals surface area contributed by atoms with Gasteiger partial charge >= 0.3 is 0 Å². The van der Waals surface area contributed by atoms with E-state index < -0.39 is 0 Å². The summed E-state index contributed by atoms with van der Waals surface area (Å²) in [6, 6.07) is 14.8. The van der Waals surface area contributed by atoms with E-state index in [-0.39, 0.29) is 5.91 Å². The molecule has 0 atom stereocenters. The van der Waals surface area contributed by atoms with E-state index in [9.17, 15) is 4.79 Å². The molecule has 1 amide bonds. The topological polar surface area (TPSA) is 64.3 Å². The molecule has 0 aliphatic heterocycles. The fourth-order valence-corrected chi connectivity index (χ4v) is 1.84. The Labute approximate surface area is 118 Å². The van der Waals surface area contributed by atoms with Gasteiger partial charge in [0.2, 0.25) is 0 Å². The lowest BCUT2D eigenvalue weighted by molar-refractivity contribution is 0.0948. The van der Waals surface area contributed by atoms with Crippen molar-refractivity contribution in [2.75, 3.05) is 18.9 Å². The van der Waals surface area contributed by atoms with Crippen LogP contribution in [0, 0.1) is 6.92 Å². The number of anilines is 1. The van der Waals surface area contributed by atoms with E-state index >= 15 is 0 Å². The molecular formula is C16H18N2O2. The molecule has 0 aliphatic rings. The fraction of sp³-hybridized carbons (Fsp3) is 0.188. The monoisotopic (exact) mass is 270 g/mol. The standard InChI is InChI=1S/C16H18N2O2/c1-12-5-4-6-13(11-12)20-10-9-18-16(19)14-7-2-3-8-15(14)17/h2-8,11H,9-10,17H2,1H3,(H,18,19). The highest BCUT2D eigenvalue weighted by Crippen LogP contribution is 2.12. The predicted octanol–water partition coefficient (Wildman–Crippen LogP) is 2.39. The number of benzene rings is 2. The van der Waals surface area contributed by atoms with Crippen LogP contribution in [0.15, 0.2) is 48.5 Å². The highest BCUT2D eigenvalue weighted by atomic mass is 16.5. The third kappa shape index (κ3) is 3.75. The number of aryl methyl sites for hydroxylation is 1. The molecule has 2 aromatic rings. The highest BCUT2D eigenvalue weighted by molar-refractivity contribution is 5.99. The molecule has 0 bridgehead atoms. The Morgan fingerprint density at radius 3 is 2.75 bits per heavy atom. The van der Waals surface area contributed by atoms with E-state index in [2.05, 4.69) is 5.32 Å². The molecule has 0 heterocycles. The molecule has 104 valence electrons. The van der Waals surface area contributed by atoms with Gasteiger partial charge in [0.1, 0.15) is 12.4 Å². The van der Waals surface area contributed by atoms with Gasteiger partial charge in [-0.25, -0.2) is 0 Å². The first-order valence-corrected chi connectivity index (χ1v) is 6.49. The predicted molar refractivity (Wildman–Crippen MR) is 79.9 cm³/mol. The minimum atomic E-state index is -0.184. The van der Waals surface area contributed by atoms with E-state index in [0.717, 1.165) is 11.3 Å². The van der Waals surface area contributed by atoms with E-state index in [1.54, 1.807) is 24.3 Å². The quantitative estimate of drug-likeness (QED) is 0.647. The molecule has 0 saturated heterocycles. The summed E-state index contributed by atoms with van der Waals surface area (Å²) in [4.78, 5) is 11.9. The average Bonchev–Trinajstić information content (AvgIpc) is 2.44. The van der Waals surface area contributed by atoms with Crippen molar-refractivity contribution >= 4 is 11.6 Å². The van der Waals surface area contributed by atoms with Crippen molar-refractivity contribution in [3.05, 3.63) is 59.7 Å². The van der Waals surface area contributed by atoms with Gasteiger partial charge in [-0.05, 0) is 36.8 Å². The van der Waals surface area contributed by atoms with Gasteiger partial charge in [0, 0.05) is 5.69 Å². The molecule has 0 aliphatic carbocycles. The van der Waals surface area contributed by atoms with Crippen molar-refractivity contribution in [3.63, 3.8) is 0 Å². The lowest BCUT2D eigenvalue weighted by Crippen LogP contribution is -2.28. The van der Waals surface area contributed by atoms with Crippen molar-refractivity contribution < 1.29 is 9.53 Å². The maximum atomic E-state index is 11.9. The first-order valence-electron chi connectivity index (χ1n) is 6.49. The van der Waals surface area contributed by atoms with E-state index in [0.29, 0.717) is 24.4 Å². The molecule has 0 fully saturated rings. The third-order valence-electron chi connectivity index (χ3n) is 2.85. The van der Waals surface area contributed by atoms with Crippen molar-refractivity contribution in [3.8, 4) is 5.75 Å². The maximum Gasteiger partial charge on any atom is 0.253 e. The summed E-state index contributed by atoms with van der Waals surface area (Å²) in [6.45, 7) is 2.86. The largest absolute Gasteiger partial charge is 0.492 e. The molecule has 20 heavy (non-hydrogen) atoms. The zero-order valence-electron chi connectivity index (χ0n) is 11.4. The molecule has 3 N–H and O–H groups in total. The number of nitrogen functional groups attached to an aromatic ring is 1. The number of nitrogens with one attached hydrogen (secondary N) is 1. The fourth-order valence-electron chi connectivity index (χ4n) is 1.84. The van der Waals surface area contributed by atoms with Crippen LogP contribution < -0.4 is 15.8 Å². The van der Waals surface area contributed by atoms with Gasteiger partial charge in [-0.2, -0.15) is 0 Å². The first-order chi connectivity index (χ1) is 9.66. The second-order valence-corrected chi connectivity index (χ2v) is 4.51. The Kier molecular flexibility index (Phi) is 4.60. The van der Waals surface area contributed by atoms with Gasteiger partial charge in [0.05, 0.1) is 12.1 Å². The van der Waals surface area contributed by atoms with Gasteiger partial charge in [-0.3, -0.25) is 4.79 Å². The molecular weight excluding hydrogens is 252 g/mol. The lowest BCUT2D eigenvalue weighted by atomic mass is 10.2. The van der Waals surface area contributed by atoms with Crippen LogP contribution in [-0.2, 0) is 0 Å². The third-order valence-corrected chi connectivity index (χ3v) is 2.85. The first kappa shape index (κ1) is 13.9. The molecule has 0 aromatic heterocycles. The van der Waals surface area contributed by atoms with Crippen molar-refractivity contribution in [1.82, 2.24) is 5.32 Å². The number of carbonyl (C=O) groups is 1. The smallest absolute Gasteiger partial charge is 0.253 e. The van der Waals surface area contributed by atoms with Crippen LogP contribution in [-0.4, -0.2) is 19.1 Å². The normalized spacial score (nSPS) is 10.1. The number of rotatable bonds is 5. The molecule has 0 saturated carbocycles. The Balaban J connectivity index is 1.79. The summed E-state index contributed by atoms with van der Waals surface area (Å²) in [5.41, 5.74) is 7.85. The number of ether oxygens (including phenoxy) is 1. The van der Waals surface area contributed by atoms with E-state index in [1.165, 1.54) is 0 Å². The molecule has 0 radical (unpaired) electrons. The minimum Gasteiger partial charge on any atom is -0.492 e. The average molecular weight is 270 g/mol. The molecule has 0 spiro atoms. The SMILES string of the molecule is Cc1cccc(OCCNC(=O)c2ccccc2N)c1. The van der Waals surface area contributed by atoms with E-state index in [4.69, 9.17) is 10.5 Å². The summed E-state index contributed by atoms with van der Waals surface area (Å²) in [5, 5.41) is 2.78. The van der Waals surface area contributed by atoms with Gasteiger partial charge in [0.25, 0.3) is 5.91 Å². The van der Waals surface area contributed by atoms with Crippen LogP contribution in [0.4, 0.5) is 5.69 Å². The summed E-state index contributed by atoms with van der Waals surface area (Å²) < 4.78 is 5.56. The van der Waals surface area contributed by atoms with Crippen LogP contribution in [0.25, 0.3) is 0 Å². The van der Waals surface area contributed by atoms with Crippen molar-refractivity contribution in [2.45, 2.75) is 6.92 Å². The second-order valence-electron chi connectivity index (χ2n) is 4.51. The van der Waals surface area contributed by atoms with Gasteiger partial charge in [0.15, 0.2) is 0 Å². The molecule has 2 aromatic carbocycles. The Hall–Kier alpha value is -2.49. The summed E-state index contributed by atoms with van der Waals surface area (Å²) >= 11 is 0. The lowest BCUT2D eigenvalue weighted by Gasteiger charge is -2.09. The van der Waals surface area contributed by atoms with Crippen molar-refractivity contribution in [1.29, 1.82) is 0 Å². The summed E-state index contributed by atoms with van der Waals surface area (Å²) in [7, 11) is 0. The number of carbonyl (C=O) groups excluding carboxylic acids is 1. The second kappa shape index (κ2) is 6.61. The van der Waals surface area contributed by atoms with Crippen LogP contribution in [0.2, 0.25) is 0 Å². The van der Waals surface area contributed by atoms with Gasteiger partial charge in [-0.15, -0.1) is 0 Å². The zero-order valence-corrected chi connectivity index (χ0v) is 11.4. The minimum absolute atomic E-state index is 0.184. The summed E-state index contributed by atoms with van der Waals surface area (Å²) in [5.74, 6) is 0.620. The molecule has 0 unspecified atom stereocenters. The number of hydrogen-bond donors (Lipinski definition) is 2. The Morgan fingerprint density at radius 1 is 1.20 bits per heavy atom. The highest BCUT2D eigenvalue weighted by Gasteiger charge is 2.07. The molecule has 2 rings (SSSR count). The number of hydrogen-bond acceptors (Lipinski definition) is 3.